The monoisotopic (exact) mass is 398 g/mol. The van der Waals surface area contributed by atoms with E-state index in [0.717, 1.165) is 11.3 Å². The summed E-state index contributed by atoms with van der Waals surface area (Å²) in [5.41, 5.74) is 3.09. The predicted molar refractivity (Wildman–Crippen MR) is 106 cm³/mol. The Morgan fingerprint density at radius 3 is 2.79 bits per heavy atom. The standard InChI is InChI=1S/C21H26N4O4/c1-15(26)25-9-10-29-20(13-25)19-12-22-11-18(24-19)7-8-23-21(27)17-5-3-16(4-6-17)14-28-2/h3-6,11-12,20H,7-10,13-14H2,1-2H3,(H,23,27). The Morgan fingerprint density at radius 1 is 1.28 bits per heavy atom. The van der Waals surface area contributed by atoms with Crippen molar-refractivity contribution in [2.24, 2.45) is 0 Å². The van der Waals surface area contributed by atoms with Gasteiger partial charge < -0.3 is 19.7 Å². The van der Waals surface area contributed by atoms with Crippen LogP contribution in [0, 0.1) is 0 Å². The maximum Gasteiger partial charge on any atom is 0.251 e. The van der Waals surface area contributed by atoms with E-state index in [1.807, 2.05) is 12.1 Å². The summed E-state index contributed by atoms with van der Waals surface area (Å²) in [6, 6.07) is 7.32. The molecule has 0 saturated carbocycles. The fraction of sp³-hybridized carbons (Fsp3) is 0.429. The lowest BCUT2D eigenvalue weighted by Crippen LogP contribution is -2.41. The largest absolute Gasteiger partial charge is 0.380 e. The molecule has 1 fully saturated rings. The van der Waals surface area contributed by atoms with Crippen molar-refractivity contribution in [2.75, 3.05) is 33.4 Å². The van der Waals surface area contributed by atoms with E-state index in [1.165, 1.54) is 0 Å². The Balaban J connectivity index is 1.52. The first-order chi connectivity index (χ1) is 14.1. The van der Waals surface area contributed by atoms with Gasteiger partial charge in [-0.3, -0.25) is 19.6 Å². The van der Waals surface area contributed by atoms with Gasteiger partial charge in [0.2, 0.25) is 5.91 Å². The number of benzene rings is 1. The summed E-state index contributed by atoms with van der Waals surface area (Å²) in [5.74, 6) is -0.105. The summed E-state index contributed by atoms with van der Waals surface area (Å²) < 4.78 is 10.8. The lowest BCUT2D eigenvalue weighted by atomic mass is 10.1. The lowest BCUT2D eigenvalue weighted by Gasteiger charge is -2.31. The van der Waals surface area contributed by atoms with Gasteiger partial charge in [0.05, 0.1) is 37.3 Å². The van der Waals surface area contributed by atoms with Crippen LogP contribution in [0.5, 0.6) is 0 Å². The molecule has 0 aliphatic carbocycles. The molecule has 1 N–H and O–H groups in total. The third-order valence-corrected chi connectivity index (χ3v) is 4.74. The van der Waals surface area contributed by atoms with Crippen LogP contribution in [-0.4, -0.2) is 60.0 Å². The third-order valence-electron chi connectivity index (χ3n) is 4.74. The quantitative estimate of drug-likeness (QED) is 0.760. The number of morpholine rings is 1. The Labute approximate surface area is 170 Å². The van der Waals surface area contributed by atoms with Gasteiger partial charge in [-0.05, 0) is 17.7 Å². The minimum absolute atomic E-state index is 0.0281. The molecule has 2 heterocycles. The van der Waals surface area contributed by atoms with E-state index in [1.54, 1.807) is 43.5 Å². The minimum atomic E-state index is -0.277. The maximum atomic E-state index is 12.3. The number of ether oxygens (including phenoxy) is 2. The van der Waals surface area contributed by atoms with Crippen LogP contribution in [0.15, 0.2) is 36.7 Å². The Bertz CT molecular complexity index is 841. The van der Waals surface area contributed by atoms with Gasteiger partial charge in [0.1, 0.15) is 6.10 Å². The number of hydrogen-bond acceptors (Lipinski definition) is 6. The maximum absolute atomic E-state index is 12.3. The highest BCUT2D eigenvalue weighted by atomic mass is 16.5. The number of aromatic nitrogens is 2. The van der Waals surface area contributed by atoms with Gasteiger partial charge in [-0.25, -0.2) is 0 Å². The van der Waals surface area contributed by atoms with Gasteiger partial charge in [-0.15, -0.1) is 0 Å². The summed E-state index contributed by atoms with van der Waals surface area (Å²) in [5, 5.41) is 2.90. The molecule has 1 unspecified atom stereocenters. The molecule has 2 amide bonds. The molecule has 2 aromatic rings. The summed E-state index contributed by atoms with van der Waals surface area (Å²) >= 11 is 0. The molecular formula is C21H26N4O4. The van der Waals surface area contributed by atoms with Gasteiger partial charge in [-0.1, -0.05) is 12.1 Å². The number of methoxy groups -OCH3 is 1. The molecule has 1 saturated heterocycles. The second kappa shape index (κ2) is 10.1. The van der Waals surface area contributed by atoms with E-state index in [9.17, 15) is 9.59 Å². The molecule has 1 aliphatic heterocycles. The second-order valence-corrected chi connectivity index (χ2v) is 6.90. The number of rotatable bonds is 7. The van der Waals surface area contributed by atoms with Crippen molar-refractivity contribution in [3.8, 4) is 0 Å². The summed E-state index contributed by atoms with van der Waals surface area (Å²) in [4.78, 5) is 34.5. The van der Waals surface area contributed by atoms with E-state index in [4.69, 9.17) is 9.47 Å². The van der Waals surface area contributed by atoms with Crippen LogP contribution in [0.4, 0.5) is 0 Å². The van der Waals surface area contributed by atoms with E-state index in [2.05, 4.69) is 15.3 Å². The van der Waals surface area contributed by atoms with E-state index in [0.29, 0.717) is 50.5 Å². The first-order valence-electron chi connectivity index (χ1n) is 9.61. The molecule has 3 rings (SSSR count). The number of nitrogens with zero attached hydrogens (tertiary/aromatic N) is 3. The molecule has 29 heavy (non-hydrogen) atoms. The van der Waals surface area contributed by atoms with Crippen LogP contribution >= 0.6 is 0 Å². The molecule has 0 spiro atoms. The van der Waals surface area contributed by atoms with E-state index in [-0.39, 0.29) is 17.9 Å². The van der Waals surface area contributed by atoms with Crippen molar-refractivity contribution in [1.82, 2.24) is 20.2 Å². The van der Waals surface area contributed by atoms with Crippen molar-refractivity contribution in [3.63, 3.8) is 0 Å². The van der Waals surface area contributed by atoms with Crippen molar-refractivity contribution in [3.05, 3.63) is 59.2 Å². The van der Waals surface area contributed by atoms with E-state index < -0.39 is 0 Å². The number of carbonyl (C=O) groups is 2. The Kier molecular flexibility index (Phi) is 7.26. The SMILES string of the molecule is COCc1ccc(C(=O)NCCc2cncc(C3CN(C(C)=O)CCO3)n2)cc1. The molecule has 0 bridgehead atoms. The van der Waals surface area contributed by atoms with Crippen molar-refractivity contribution < 1.29 is 19.1 Å². The van der Waals surface area contributed by atoms with Gasteiger partial charge in [0.25, 0.3) is 5.91 Å². The fourth-order valence-electron chi connectivity index (χ4n) is 3.14. The molecule has 0 radical (unpaired) electrons. The highest BCUT2D eigenvalue weighted by molar-refractivity contribution is 5.94. The lowest BCUT2D eigenvalue weighted by molar-refractivity contribution is -0.136. The van der Waals surface area contributed by atoms with Crippen molar-refractivity contribution >= 4 is 11.8 Å². The average Bonchev–Trinajstić information content (AvgIpc) is 2.75. The summed E-state index contributed by atoms with van der Waals surface area (Å²) in [7, 11) is 1.64. The number of nitrogens with one attached hydrogen (secondary N) is 1. The van der Waals surface area contributed by atoms with Gasteiger partial charge in [-0.2, -0.15) is 0 Å². The highest BCUT2D eigenvalue weighted by Gasteiger charge is 2.24. The van der Waals surface area contributed by atoms with Crippen LogP contribution < -0.4 is 5.32 Å². The Morgan fingerprint density at radius 2 is 2.07 bits per heavy atom. The van der Waals surface area contributed by atoms with Crippen LogP contribution in [0.25, 0.3) is 0 Å². The minimum Gasteiger partial charge on any atom is -0.380 e. The molecular weight excluding hydrogens is 372 g/mol. The Hall–Kier alpha value is -2.84. The molecule has 154 valence electrons. The normalized spacial score (nSPS) is 16.5. The smallest absolute Gasteiger partial charge is 0.251 e. The number of carbonyl (C=O) groups excluding carboxylic acids is 2. The first-order valence-corrected chi connectivity index (χ1v) is 9.61. The molecule has 8 nitrogen and oxygen atoms in total. The zero-order chi connectivity index (χ0) is 20.6. The topological polar surface area (TPSA) is 93.7 Å². The zero-order valence-corrected chi connectivity index (χ0v) is 16.8. The van der Waals surface area contributed by atoms with Crippen LogP contribution in [0.2, 0.25) is 0 Å². The first kappa shape index (κ1) is 20.9. The molecule has 1 aromatic heterocycles. The van der Waals surface area contributed by atoms with Crippen molar-refractivity contribution in [1.29, 1.82) is 0 Å². The molecule has 8 heteroatoms. The van der Waals surface area contributed by atoms with Crippen LogP contribution in [-0.2, 0) is 27.3 Å². The number of hydrogen-bond donors (Lipinski definition) is 1. The van der Waals surface area contributed by atoms with Gasteiger partial charge in [0.15, 0.2) is 0 Å². The molecule has 1 atom stereocenters. The predicted octanol–water partition coefficient (Wildman–Crippen LogP) is 1.52. The average molecular weight is 398 g/mol. The van der Waals surface area contributed by atoms with E-state index >= 15 is 0 Å². The second-order valence-electron chi connectivity index (χ2n) is 6.90. The van der Waals surface area contributed by atoms with Gasteiger partial charge in [0, 0.05) is 45.3 Å². The zero-order valence-electron chi connectivity index (χ0n) is 16.8. The van der Waals surface area contributed by atoms with Gasteiger partial charge >= 0.3 is 0 Å². The van der Waals surface area contributed by atoms with Crippen LogP contribution in [0.3, 0.4) is 0 Å². The molecule has 1 aromatic carbocycles. The summed E-state index contributed by atoms with van der Waals surface area (Å²) in [6.45, 7) is 4.07. The molecule has 1 aliphatic rings. The highest BCUT2D eigenvalue weighted by Crippen LogP contribution is 2.20. The number of amides is 2. The summed E-state index contributed by atoms with van der Waals surface area (Å²) in [6.07, 6.45) is 3.62. The fourth-order valence-corrected chi connectivity index (χ4v) is 3.14. The van der Waals surface area contributed by atoms with Crippen LogP contribution in [0.1, 0.15) is 40.3 Å². The van der Waals surface area contributed by atoms with Crippen molar-refractivity contribution in [2.45, 2.75) is 26.1 Å². The third kappa shape index (κ3) is 5.82.